The zero-order valence-electron chi connectivity index (χ0n) is 18.6. The number of hydrogen-bond donors (Lipinski definition) is 1. The largest absolute Gasteiger partial charge is 0.496 e. The van der Waals surface area contributed by atoms with Crippen LogP contribution in [0.1, 0.15) is 73.6 Å². The molecule has 0 aliphatic heterocycles. The van der Waals surface area contributed by atoms with Crippen molar-refractivity contribution in [2.75, 3.05) is 20.3 Å². The molecule has 0 saturated heterocycles. The molecule has 1 unspecified atom stereocenters. The number of benzene rings is 2. The van der Waals surface area contributed by atoms with Gasteiger partial charge in [-0.1, -0.05) is 19.9 Å². The molecule has 5 heteroatoms. The van der Waals surface area contributed by atoms with E-state index in [0.29, 0.717) is 30.3 Å². The molecule has 158 valence electrons. The summed E-state index contributed by atoms with van der Waals surface area (Å²) in [6.45, 7) is 13.1. The van der Waals surface area contributed by atoms with Crippen molar-refractivity contribution in [1.82, 2.24) is 5.32 Å². The fraction of sp³-hybridized carbons (Fsp3) is 0.458. The molecule has 2 rings (SSSR count). The quantitative estimate of drug-likeness (QED) is 0.612. The molecular weight excluding hydrogens is 366 g/mol. The van der Waals surface area contributed by atoms with Crippen molar-refractivity contribution >= 4 is 5.91 Å². The number of rotatable bonds is 9. The van der Waals surface area contributed by atoms with E-state index in [1.54, 1.807) is 7.11 Å². The monoisotopic (exact) mass is 399 g/mol. The lowest BCUT2D eigenvalue weighted by Gasteiger charge is -2.19. The Balaban J connectivity index is 2.27. The number of carbonyl (C=O) groups excluding carboxylic acids is 1. The van der Waals surface area contributed by atoms with Gasteiger partial charge in [-0.05, 0) is 74.6 Å². The average Bonchev–Trinajstić information content (AvgIpc) is 2.68. The highest BCUT2D eigenvalue weighted by Crippen LogP contribution is 2.32. The van der Waals surface area contributed by atoms with Crippen LogP contribution in [-0.4, -0.2) is 26.2 Å². The van der Waals surface area contributed by atoms with Gasteiger partial charge >= 0.3 is 0 Å². The average molecular weight is 400 g/mol. The Morgan fingerprint density at radius 2 is 1.62 bits per heavy atom. The first-order valence-corrected chi connectivity index (χ1v) is 10.2. The molecule has 1 atom stereocenters. The Bertz CT molecular complexity index is 845. The minimum absolute atomic E-state index is 0.105. The maximum Gasteiger partial charge on any atom is 0.252 e. The normalized spacial score (nSPS) is 11.9. The number of methoxy groups -OCH3 is 1. The van der Waals surface area contributed by atoms with Crippen LogP contribution in [0, 0.1) is 6.92 Å². The van der Waals surface area contributed by atoms with Gasteiger partial charge in [0.15, 0.2) is 11.5 Å². The zero-order valence-corrected chi connectivity index (χ0v) is 18.6. The molecule has 5 nitrogen and oxygen atoms in total. The van der Waals surface area contributed by atoms with Crippen LogP contribution in [0.5, 0.6) is 17.2 Å². The highest BCUT2D eigenvalue weighted by Gasteiger charge is 2.19. The maximum absolute atomic E-state index is 13.0. The first kappa shape index (κ1) is 22.6. The molecule has 1 amide bonds. The number of carbonyl (C=O) groups is 1. The van der Waals surface area contributed by atoms with Crippen LogP contribution in [0.2, 0.25) is 0 Å². The van der Waals surface area contributed by atoms with E-state index < -0.39 is 0 Å². The van der Waals surface area contributed by atoms with Crippen LogP contribution in [0.4, 0.5) is 0 Å². The molecule has 0 heterocycles. The van der Waals surface area contributed by atoms with Crippen LogP contribution in [0.3, 0.4) is 0 Å². The predicted molar refractivity (Wildman–Crippen MR) is 116 cm³/mol. The van der Waals surface area contributed by atoms with E-state index in [2.05, 4.69) is 19.2 Å². The lowest BCUT2D eigenvalue weighted by atomic mass is 9.95. The van der Waals surface area contributed by atoms with Crippen LogP contribution < -0.4 is 19.5 Å². The zero-order chi connectivity index (χ0) is 21.6. The van der Waals surface area contributed by atoms with Crippen LogP contribution in [0.25, 0.3) is 0 Å². The minimum atomic E-state index is -0.179. The molecule has 0 bridgehead atoms. The first-order chi connectivity index (χ1) is 13.8. The second-order valence-corrected chi connectivity index (χ2v) is 7.33. The van der Waals surface area contributed by atoms with Gasteiger partial charge in [-0.3, -0.25) is 4.79 Å². The molecule has 0 aliphatic rings. The Kier molecular flexibility index (Phi) is 7.94. The molecular formula is C24H33NO4. The predicted octanol–water partition coefficient (Wildman–Crippen LogP) is 5.42. The standard InChI is InChI=1S/C24H33NO4/c1-8-28-21-11-10-18(13-23(21)29-9-2)17(6)25-24(26)20-14-19(15(3)4)22(27-7)12-16(20)5/h10-15,17H,8-9H2,1-7H3,(H,25,26). The number of amides is 1. The second-order valence-electron chi connectivity index (χ2n) is 7.33. The summed E-state index contributed by atoms with van der Waals surface area (Å²) >= 11 is 0. The van der Waals surface area contributed by atoms with Crippen molar-refractivity contribution in [2.24, 2.45) is 0 Å². The van der Waals surface area contributed by atoms with Gasteiger partial charge in [0.05, 0.1) is 26.4 Å². The Labute approximate surface area is 174 Å². The van der Waals surface area contributed by atoms with Crippen molar-refractivity contribution in [1.29, 1.82) is 0 Å². The van der Waals surface area contributed by atoms with E-state index in [1.807, 2.05) is 58.0 Å². The van der Waals surface area contributed by atoms with Crippen molar-refractivity contribution < 1.29 is 19.0 Å². The number of hydrogen-bond acceptors (Lipinski definition) is 4. The van der Waals surface area contributed by atoms with E-state index in [0.717, 1.165) is 22.4 Å². The highest BCUT2D eigenvalue weighted by atomic mass is 16.5. The Hall–Kier alpha value is -2.69. The van der Waals surface area contributed by atoms with E-state index in [-0.39, 0.29) is 17.9 Å². The van der Waals surface area contributed by atoms with Gasteiger partial charge in [0.25, 0.3) is 5.91 Å². The summed E-state index contributed by atoms with van der Waals surface area (Å²) < 4.78 is 16.8. The molecule has 0 fully saturated rings. The Morgan fingerprint density at radius 3 is 2.21 bits per heavy atom. The highest BCUT2D eigenvalue weighted by molar-refractivity contribution is 5.96. The van der Waals surface area contributed by atoms with Crippen molar-refractivity contribution in [3.63, 3.8) is 0 Å². The third-order valence-electron chi connectivity index (χ3n) is 4.86. The molecule has 0 aliphatic carbocycles. The fourth-order valence-electron chi connectivity index (χ4n) is 3.27. The van der Waals surface area contributed by atoms with Crippen LogP contribution in [-0.2, 0) is 0 Å². The summed E-state index contributed by atoms with van der Waals surface area (Å²) in [6.07, 6.45) is 0. The summed E-state index contributed by atoms with van der Waals surface area (Å²) in [5.74, 6) is 2.37. The third-order valence-corrected chi connectivity index (χ3v) is 4.86. The Morgan fingerprint density at radius 1 is 0.966 bits per heavy atom. The molecule has 2 aromatic carbocycles. The maximum atomic E-state index is 13.0. The van der Waals surface area contributed by atoms with Crippen molar-refractivity contribution in [3.05, 3.63) is 52.6 Å². The summed E-state index contributed by atoms with van der Waals surface area (Å²) in [5, 5.41) is 3.10. The van der Waals surface area contributed by atoms with Crippen molar-refractivity contribution in [2.45, 2.75) is 53.5 Å². The molecule has 0 spiro atoms. The van der Waals surface area contributed by atoms with Gasteiger partial charge in [-0.25, -0.2) is 0 Å². The van der Waals surface area contributed by atoms with Crippen LogP contribution in [0.15, 0.2) is 30.3 Å². The van der Waals surface area contributed by atoms with Gasteiger partial charge in [-0.2, -0.15) is 0 Å². The SMILES string of the molecule is CCOc1ccc(C(C)NC(=O)c2cc(C(C)C)c(OC)cc2C)cc1OCC. The number of nitrogens with one attached hydrogen (secondary N) is 1. The van der Waals surface area contributed by atoms with E-state index >= 15 is 0 Å². The van der Waals surface area contributed by atoms with Gasteiger partial charge in [0.1, 0.15) is 5.75 Å². The molecule has 0 saturated carbocycles. The third kappa shape index (κ3) is 5.43. The number of aryl methyl sites for hydroxylation is 1. The molecule has 0 radical (unpaired) electrons. The van der Waals surface area contributed by atoms with Gasteiger partial charge in [0, 0.05) is 5.56 Å². The molecule has 0 aromatic heterocycles. The summed E-state index contributed by atoms with van der Waals surface area (Å²) in [4.78, 5) is 13.0. The topological polar surface area (TPSA) is 56.8 Å². The summed E-state index contributed by atoms with van der Waals surface area (Å²) in [5.41, 5.74) is 3.53. The molecule has 2 aromatic rings. The lowest BCUT2D eigenvalue weighted by Crippen LogP contribution is -2.27. The fourth-order valence-corrected chi connectivity index (χ4v) is 3.27. The van der Waals surface area contributed by atoms with E-state index in [4.69, 9.17) is 14.2 Å². The van der Waals surface area contributed by atoms with Crippen LogP contribution >= 0.6 is 0 Å². The number of ether oxygens (including phenoxy) is 3. The van der Waals surface area contributed by atoms with E-state index in [1.165, 1.54) is 0 Å². The lowest BCUT2D eigenvalue weighted by molar-refractivity contribution is 0.0939. The molecule has 29 heavy (non-hydrogen) atoms. The minimum Gasteiger partial charge on any atom is -0.496 e. The van der Waals surface area contributed by atoms with Crippen molar-refractivity contribution in [3.8, 4) is 17.2 Å². The summed E-state index contributed by atoms with van der Waals surface area (Å²) in [6, 6.07) is 9.46. The van der Waals surface area contributed by atoms with Gasteiger partial charge < -0.3 is 19.5 Å². The molecule has 1 N–H and O–H groups in total. The smallest absolute Gasteiger partial charge is 0.252 e. The van der Waals surface area contributed by atoms with E-state index in [9.17, 15) is 4.79 Å². The van der Waals surface area contributed by atoms with Gasteiger partial charge in [-0.15, -0.1) is 0 Å². The first-order valence-electron chi connectivity index (χ1n) is 10.2. The second kappa shape index (κ2) is 10.2. The summed E-state index contributed by atoms with van der Waals surface area (Å²) in [7, 11) is 1.66. The van der Waals surface area contributed by atoms with Gasteiger partial charge in [0.2, 0.25) is 0 Å².